The SMILES string of the molecule is CC(C)(C)c1ccc(C(c2ccccc2)(c2ccc(NC(=O)c3cncc(C(=O)NCc4ccc5ccc(CNC(=O)c6cncc(C(=O)Nc7ccc(C(c8ccccc8)(c8ccc(C(C)(C)C)cc8)c8ccc(C(C)(C)C)cc8)cc7)c6)cc5c4)c3)cc2)c2ccc(C(C)(C)C)cc2)cc1. The molecule has 102 heavy (non-hydrogen) atoms. The summed E-state index contributed by atoms with van der Waals surface area (Å²) in [6.07, 6.45) is 5.81. The van der Waals surface area contributed by atoms with E-state index in [0.29, 0.717) is 11.4 Å². The number of hydrogen-bond acceptors (Lipinski definition) is 6. The maximum absolute atomic E-state index is 14.0. The third-order valence-electron chi connectivity index (χ3n) is 19.7. The van der Waals surface area contributed by atoms with Gasteiger partial charge in [0.05, 0.1) is 33.1 Å². The molecule has 0 aliphatic rings. The van der Waals surface area contributed by atoms with Crippen LogP contribution in [0.3, 0.4) is 0 Å². The van der Waals surface area contributed by atoms with E-state index < -0.39 is 22.6 Å². The lowest BCUT2D eigenvalue weighted by atomic mass is 9.64. The van der Waals surface area contributed by atoms with E-state index in [-0.39, 0.29) is 68.8 Å². The van der Waals surface area contributed by atoms with E-state index in [0.717, 1.165) is 66.4 Å². The number of benzene rings is 10. The summed E-state index contributed by atoms with van der Waals surface area (Å²) in [5, 5.41) is 14.0. The van der Waals surface area contributed by atoms with Gasteiger partial charge in [0.15, 0.2) is 0 Å². The molecule has 2 heterocycles. The van der Waals surface area contributed by atoms with Crippen LogP contribution < -0.4 is 21.3 Å². The Morgan fingerprint density at radius 2 is 0.510 bits per heavy atom. The predicted molar refractivity (Wildman–Crippen MR) is 415 cm³/mol. The van der Waals surface area contributed by atoms with E-state index in [1.807, 2.05) is 72.8 Å². The normalized spacial score (nSPS) is 12.2. The Hall–Kier alpha value is -11.4. The number of hydrogen-bond donors (Lipinski definition) is 4. The predicted octanol–water partition coefficient (Wildman–Crippen LogP) is 19.9. The Morgan fingerprint density at radius 3 is 0.784 bits per heavy atom. The monoisotopic (exact) mass is 1340 g/mol. The van der Waals surface area contributed by atoms with Crippen molar-refractivity contribution in [3.8, 4) is 0 Å². The van der Waals surface area contributed by atoms with Gasteiger partial charge in [0.1, 0.15) is 0 Å². The molecule has 12 rings (SSSR count). The molecule has 0 bridgehead atoms. The highest BCUT2D eigenvalue weighted by Gasteiger charge is 2.41. The minimum absolute atomic E-state index is 0.0251. The smallest absolute Gasteiger partial charge is 0.257 e. The second-order valence-corrected chi connectivity index (χ2v) is 30.9. The molecule has 0 saturated carbocycles. The van der Waals surface area contributed by atoms with Gasteiger partial charge in [-0.1, -0.05) is 289 Å². The second kappa shape index (κ2) is 28.7. The van der Waals surface area contributed by atoms with Crippen LogP contribution in [0, 0.1) is 0 Å². The van der Waals surface area contributed by atoms with Crippen molar-refractivity contribution in [1.29, 1.82) is 0 Å². The van der Waals surface area contributed by atoms with Crippen LogP contribution in [0.15, 0.2) is 280 Å². The summed E-state index contributed by atoms with van der Waals surface area (Å²) in [4.78, 5) is 64.1. The zero-order chi connectivity index (χ0) is 72.2. The molecule has 4 amide bonds. The van der Waals surface area contributed by atoms with Crippen molar-refractivity contribution >= 4 is 45.8 Å². The number of amides is 4. The number of carbonyl (C=O) groups excluding carboxylic acids is 4. The number of aromatic nitrogens is 2. The van der Waals surface area contributed by atoms with Crippen molar-refractivity contribution in [3.05, 3.63) is 380 Å². The fourth-order valence-corrected chi connectivity index (χ4v) is 13.8. The van der Waals surface area contributed by atoms with Gasteiger partial charge in [0.2, 0.25) is 0 Å². The second-order valence-electron chi connectivity index (χ2n) is 30.9. The average molecular weight is 1340 g/mol. The molecule has 12 aromatic rings. The first-order chi connectivity index (χ1) is 48.7. The molecule has 0 aliphatic heterocycles. The zero-order valence-electron chi connectivity index (χ0n) is 60.5. The standard InChI is InChI=1S/C92H90N6O4/c1-87(2,3)69-27-35-75(36-28-69)91(73-19-15-13-16-20-73,76-37-29-70(30-38-76)88(4,5)6)79-43-47-81(48-44-79)97-85(101)67-53-65(57-93-59-67)83(99)95-55-61-23-25-63-26-24-62(52-64(63)51-61)56-96-84(100)66-54-68(60-94-58-66)86(102)98-82-49-45-80(46-50-82)92(74-21-17-14-18-22-74,77-39-31-71(32-40-77)89(7,8)9)78-41-33-72(34-42-78)90(10,11)12/h13-54,57-60H,55-56H2,1-12H3,(H,95,99)(H,96,100)(H,97,101)(H,98,102). The Bertz CT molecular complexity index is 4550. The fraction of sp³-hybridized carbons (Fsp3) is 0.217. The summed E-state index contributed by atoms with van der Waals surface area (Å²) >= 11 is 0. The van der Waals surface area contributed by atoms with Crippen LogP contribution in [0.25, 0.3) is 10.8 Å². The Morgan fingerprint density at radius 1 is 0.265 bits per heavy atom. The molecule has 2 aromatic heterocycles. The van der Waals surface area contributed by atoms with Gasteiger partial charge in [-0.3, -0.25) is 29.1 Å². The van der Waals surface area contributed by atoms with E-state index in [2.05, 4.69) is 284 Å². The van der Waals surface area contributed by atoms with Gasteiger partial charge in [0, 0.05) is 49.3 Å². The third-order valence-corrected chi connectivity index (χ3v) is 19.7. The van der Waals surface area contributed by atoms with E-state index >= 15 is 0 Å². The number of pyridine rings is 2. The first-order valence-corrected chi connectivity index (χ1v) is 35.0. The van der Waals surface area contributed by atoms with Crippen molar-refractivity contribution in [2.75, 3.05) is 10.6 Å². The average Bonchev–Trinajstić information content (AvgIpc) is 0.737. The number of fused-ring (bicyclic) bond motifs is 1. The van der Waals surface area contributed by atoms with Crippen molar-refractivity contribution in [1.82, 2.24) is 20.6 Å². The first-order valence-electron chi connectivity index (χ1n) is 35.0. The fourth-order valence-electron chi connectivity index (χ4n) is 13.8. The number of nitrogens with one attached hydrogen (secondary N) is 4. The van der Waals surface area contributed by atoms with Crippen molar-refractivity contribution < 1.29 is 19.2 Å². The van der Waals surface area contributed by atoms with Crippen LogP contribution in [-0.2, 0) is 45.6 Å². The van der Waals surface area contributed by atoms with Gasteiger partial charge in [-0.25, -0.2) is 0 Å². The third kappa shape index (κ3) is 15.1. The quantitative estimate of drug-likeness (QED) is 0.0631. The molecule has 4 N–H and O–H groups in total. The lowest BCUT2D eigenvalue weighted by Crippen LogP contribution is -2.31. The van der Waals surface area contributed by atoms with Crippen LogP contribution >= 0.6 is 0 Å². The van der Waals surface area contributed by atoms with Crippen LogP contribution in [-0.4, -0.2) is 33.6 Å². The van der Waals surface area contributed by atoms with Crippen LogP contribution in [0.2, 0.25) is 0 Å². The maximum atomic E-state index is 14.0. The largest absolute Gasteiger partial charge is 0.348 e. The zero-order valence-corrected chi connectivity index (χ0v) is 60.5. The minimum atomic E-state index is -0.698. The highest BCUT2D eigenvalue weighted by molar-refractivity contribution is 6.07. The molecule has 10 heteroatoms. The maximum Gasteiger partial charge on any atom is 0.257 e. The van der Waals surface area contributed by atoms with Crippen molar-refractivity contribution in [3.63, 3.8) is 0 Å². The van der Waals surface area contributed by atoms with Crippen molar-refractivity contribution in [2.45, 2.75) is 129 Å². The topological polar surface area (TPSA) is 142 Å². The molecule has 10 aromatic carbocycles. The summed E-state index contributed by atoms with van der Waals surface area (Å²) in [5.74, 6) is -1.57. The summed E-state index contributed by atoms with van der Waals surface area (Å²) in [5.41, 5.74) is 16.1. The van der Waals surface area contributed by atoms with E-state index in [1.54, 1.807) is 12.1 Å². The minimum Gasteiger partial charge on any atom is -0.348 e. The lowest BCUT2D eigenvalue weighted by Gasteiger charge is -2.37. The summed E-state index contributed by atoms with van der Waals surface area (Å²) < 4.78 is 0. The van der Waals surface area contributed by atoms with Crippen LogP contribution in [0.1, 0.15) is 202 Å². The highest BCUT2D eigenvalue weighted by atomic mass is 16.2. The highest BCUT2D eigenvalue weighted by Crippen LogP contribution is 2.48. The van der Waals surface area contributed by atoms with Crippen LogP contribution in [0.4, 0.5) is 11.4 Å². The van der Waals surface area contributed by atoms with Gasteiger partial charge < -0.3 is 21.3 Å². The van der Waals surface area contributed by atoms with Gasteiger partial charge in [0.25, 0.3) is 23.6 Å². The van der Waals surface area contributed by atoms with Gasteiger partial charge in [-0.05, 0) is 159 Å². The molecular formula is C92H90N6O4. The van der Waals surface area contributed by atoms with Gasteiger partial charge in [-0.2, -0.15) is 0 Å². The van der Waals surface area contributed by atoms with E-state index in [9.17, 15) is 19.2 Å². The van der Waals surface area contributed by atoms with Gasteiger partial charge >= 0.3 is 0 Å². The number of carbonyl (C=O) groups is 4. The molecule has 0 aliphatic carbocycles. The van der Waals surface area contributed by atoms with Crippen molar-refractivity contribution in [2.24, 2.45) is 0 Å². The summed E-state index contributed by atoms with van der Waals surface area (Å²) in [6.45, 7) is 27.2. The molecule has 0 saturated heterocycles. The number of rotatable bonds is 18. The Labute approximate surface area is 601 Å². The lowest BCUT2D eigenvalue weighted by molar-refractivity contribution is 0.0941. The molecule has 0 unspecified atom stereocenters. The molecule has 512 valence electrons. The first kappa shape index (κ1) is 70.5. The Balaban J connectivity index is 0.690. The Kier molecular flexibility index (Phi) is 19.8. The van der Waals surface area contributed by atoms with E-state index in [1.165, 1.54) is 47.0 Å². The summed E-state index contributed by atoms with van der Waals surface area (Å²) in [6, 6.07) is 88.2. The molecule has 0 radical (unpaired) electrons. The van der Waals surface area contributed by atoms with E-state index in [4.69, 9.17) is 0 Å². The van der Waals surface area contributed by atoms with Gasteiger partial charge in [-0.15, -0.1) is 0 Å². The summed E-state index contributed by atoms with van der Waals surface area (Å²) in [7, 11) is 0. The molecule has 0 atom stereocenters. The molecule has 10 nitrogen and oxygen atoms in total. The number of anilines is 2. The molecule has 0 spiro atoms. The van der Waals surface area contributed by atoms with Crippen LogP contribution in [0.5, 0.6) is 0 Å². The number of nitrogens with zero attached hydrogens (tertiary/aromatic N) is 2. The molecular weight excluding hydrogens is 1250 g/mol. The molecule has 0 fully saturated rings.